The van der Waals surface area contributed by atoms with Gasteiger partial charge in [-0.15, -0.1) is 0 Å². The summed E-state index contributed by atoms with van der Waals surface area (Å²) in [5.74, 6) is 0. The average molecular weight is 258 g/mol. The Morgan fingerprint density at radius 2 is 2.23 bits per heavy atom. The van der Waals surface area contributed by atoms with Crippen LogP contribution in [0.2, 0.25) is 0 Å². The molecule has 0 aromatic heterocycles. The zero-order valence-electron chi connectivity index (χ0n) is 7.51. The highest BCUT2D eigenvalue weighted by atomic mass is 79.9. The largest absolute Gasteiger partial charge is 0.256 e. The lowest BCUT2D eigenvalue weighted by molar-refractivity contribution is 1.05. The molecule has 0 aliphatic rings. The maximum absolute atomic E-state index is 3.82. The Labute approximate surface area is 91.9 Å². The second-order valence-corrected chi connectivity index (χ2v) is 4.60. The highest BCUT2D eigenvalue weighted by molar-refractivity contribution is 9.10. The van der Waals surface area contributed by atoms with Gasteiger partial charge in [0, 0.05) is 15.9 Å². The van der Waals surface area contributed by atoms with Gasteiger partial charge in [0.15, 0.2) is 0 Å². The van der Waals surface area contributed by atoms with Crippen molar-refractivity contribution >= 4 is 27.9 Å². The molecular formula is C10H12BrNS. The predicted octanol–water partition coefficient (Wildman–Crippen LogP) is 3.62. The first-order valence-electron chi connectivity index (χ1n) is 3.99. The Kier molecular flexibility index (Phi) is 4.56. The molecule has 0 radical (unpaired) electrons. The fraction of sp³-hybridized carbons (Fsp3) is 0.200. The lowest BCUT2D eigenvalue weighted by Crippen LogP contribution is -2.05. The van der Waals surface area contributed by atoms with Gasteiger partial charge in [0.1, 0.15) is 0 Å². The van der Waals surface area contributed by atoms with Crippen LogP contribution in [0.15, 0.2) is 45.8 Å². The normalized spacial score (nSPS) is 10.0. The van der Waals surface area contributed by atoms with Crippen LogP contribution in [0.5, 0.6) is 0 Å². The molecule has 13 heavy (non-hydrogen) atoms. The minimum atomic E-state index is 0.839. The van der Waals surface area contributed by atoms with Crippen molar-refractivity contribution in [3.63, 3.8) is 0 Å². The van der Waals surface area contributed by atoms with E-state index in [9.17, 15) is 0 Å². The smallest absolute Gasteiger partial charge is 0.0370 e. The topological polar surface area (TPSA) is 12.0 Å². The quantitative estimate of drug-likeness (QED) is 0.654. The highest BCUT2D eigenvalue weighted by Crippen LogP contribution is 2.24. The monoisotopic (exact) mass is 257 g/mol. The van der Waals surface area contributed by atoms with Gasteiger partial charge in [-0.2, -0.15) is 0 Å². The second kappa shape index (κ2) is 5.47. The Morgan fingerprint density at radius 3 is 2.85 bits per heavy atom. The third-order valence-electron chi connectivity index (χ3n) is 1.39. The van der Waals surface area contributed by atoms with E-state index < -0.39 is 0 Å². The van der Waals surface area contributed by atoms with Crippen molar-refractivity contribution in [1.82, 2.24) is 4.72 Å². The zero-order chi connectivity index (χ0) is 9.68. The van der Waals surface area contributed by atoms with Crippen molar-refractivity contribution in [2.24, 2.45) is 0 Å². The number of hydrogen-bond acceptors (Lipinski definition) is 2. The first-order valence-corrected chi connectivity index (χ1v) is 5.59. The van der Waals surface area contributed by atoms with Crippen LogP contribution in [-0.4, -0.2) is 6.54 Å². The molecular weight excluding hydrogens is 246 g/mol. The van der Waals surface area contributed by atoms with Gasteiger partial charge in [-0.1, -0.05) is 24.3 Å². The summed E-state index contributed by atoms with van der Waals surface area (Å²) < 4.78 is 4.35. The van der Waals surface area contributed by atoms with Crippen LogP contribution in [0, 0.1) is 0 Å². The Bertz CT molecular complexity index is 299. The van der Waals surface area contributed by atoms with Crippen LogP contribution in [0.4, 0.5) is 0 Å². The second-order valence-electron chi connectivity index (χ2n) is 2.81. The van der Waals surface area contributed by atoms with Gasteiger partial charge in [-0.05, 0) is 46.9 Å². The van der Waals surface area contributed by atoms with Crippen LogP contribution >= 0.6 is 27.9 Å². The molecule has 1 aromatic carbocycles. The minimum Gasteiger partial charge on any atom is -0.256 e. The molecule has 0 fully saturated rings. The number of rotatable bonds is 4. The first-order chi connectivity index (χ1) is 6.20. The van der Waals surface area contributed by atoms with Crippen LogP contribution < -0.4 is 4.72 Å². The van der Waals surface area contributed by atoms with Gasteiger partial charge in [-0.3, -0.25) is 4.72 Å². The maximum atomic E-state index is 3.82. The molecule has 0 atom stereocenters. The lowest BCUT2D eigenvalue weighted by atomic mass is 10.4. The van der Waals surface area contributed by atoms with E-state index in [4.69, 9.17) is 0 Å². The van der Waals surface area contributed by atoms with Crippen molar-refractivity contribution < 1.29 is 0 Å². The molecule has 0 spiro atoms. The summed E-state index contributed by atoms with van der Waals surface area (Å²) in [5.41, 5.74) is 1.14. The molecule has 0 saturated carbocycles. The fourth-order valence-corrected chi connectivity index (χ4v) is 2.08. The Hall–Kier alpha value is -0.250. The van der Waals surface area contributed by atoms with E-state index in [0.29, 0.717) is 0 Å². The highest BCUT2D eigenvalue weighted by Gasteiger charge is 1.97. The molecule has 1 rings (SSSR count). The molecule has 0 aliphatic carbocycles. The molecule has 1 aromatic rings. The van der Waals surface area contributed by atoms with Crippen LogP contribution in [0.1, 0.15) is 6.92 Å². The summed E-state index contributed by atoms with van der Waals surface area (Å²) >= 11 is 5.10. The molecule has 1 N–H and O–H groups in total. The molecule has 1 nitrogen and oxygen atoms in total. The number of halogens is 1. The molecule has 0 bridgehead atoms. The third kappa shape index (κ3) is 3.98. The van der Waals surface area contributed by atoms with Crippen molar-refractivity contribution in [3.05, 3.63) is 40.9 Å². The number of benzene rings is 1. The molecule has 0 aliphatic heterocycles. The van der Waals surface area contributed by atoms with E-state index in [-0.39, 0.29) is 0 Å². The van der Waals surface area contributed by atoms with E-state index >= 15 is 0 Å². The van der Waals surface area contributed by atoms with Gasteiger partial charge in [0.25, 0.3) is 0 Å². The number of hydrogen-bond donors (Lipinski definition) is 1. The van der Waals surface area contributed by atoms with Crippen LogP contribution in [-0.2, 0) is 0 Å². The Balaban J connectivity index is 2.45. The lowest BCUT2D eigenvalue weighted by Gasteiger charge is -2.04. The standard InChI is InChI=1S/C10H12BrNS/c1-8(2)7-12-13-10-6-4-3-5-9(10)11/h3-6,12H,1,7H2,2H3. The van der Waals surface area contributed by atoms with Gasteiger partial charge < -0.3 is 0 Å². The molecule has 0 unspecified atom stereocenters. The van der Waals surface area contributed by atoms with Crippen molar-refractivity contribution in [1.29, 1.82) is 0 Å². The summed E-state index contributed by atoms with van der Waals surface area (Å²) in [4.78, 5) is 1.20. The van der Waals surface area contributed by atoms with E-state index in [2.05, 4.69) is 33.3 Å². The van der Waals surface area contributed by atoms with Crippen LogP contribution in [0.25, 0.3) is 0 Å². The third-order valence-corrected chi connectivity index (χ3v) is 3.21. The van der Waals surface area contributed by atoms with Gasteiger partial charge in [0.2, 0.25) is 0 Å². The summed E-state index contributed by atoms with van der Waals surface area (Å²) in [6.07, 6.45) is 0. The average Bonchev–Trinajstić information content (AvgIpc) is 2.08. The molecule has 70 valence electrons. The predicted molar refractivity (Wildman–Crippen MR) is 62.8 cm³/mol. The van der Waals surface area contributed by atoms with Gasteiger partial charge in [-0.25, -0.2) is 0 Å². The summed E-state index contributed by atoms with van der Waals surface area (Å²) in [7, 11) is 0. The van der Waals surface area contributed by atoms with Crippen molar-refractivity contribution in [2.45, 2.75) is 11.8 Å². The molecule has 3 heteroatoms. The number of nitrogens with one attached hydrogen (secondary N) is 1. The van der Waals surface area contributed by atoms with Gasteiger partial charge >= 0.3 is 0 Å². The van der Waals surface area contributed by atoms with E-state index in [1.54, 1.807) is 11.9 Å². The SMILES string of the molecule is C=C(C)CNSc1ccccc1Br. The molecule has 0 amide bonds. The van der Waals surface area contributed by atoms with E-state index in [0.717, 1.165) is 16.6 Å². The first kappa shape index (κ1) is 10.8. The summed E-state index contributed by atoms with van der Waals surface area (Å²) in [6.45, 7) is 6.67. The minimum absolute atomic E-state index is 0.839. The van der Waals surface area contributed by atoms with Crippen molar-refractivity contribution in [2.75, 3.05) is 6.54 Å². The van der Waals surface area contributed by atoms with E-state index in [1.165, 1.54) is 4.90 Å². The summed E-state index contributed by atoms with van der Waals surface area (Å²) in [5, 5.41) is 0. The molecule has 0 heterocycles. The molecule has 0 saturated heterocycles. The fourth-order valence-electron chi connectivity index (χ4n) is 0.765. The van der Waals surface area contributed by atoms with Crippen LogP contribution in [0.3, 0.4) is 0 Å². The van der Waals surface area contributed by atoms with E-state index in [1.807, 2.05) is 25.1 Å². The van der Waals surface area contributed by atoms with Crippen molar-refractivity contribution in [3.8, 4) is 0 Å². The van der Waals surface area contributed by atoms with Gasteiger partial charge in [0.05, 0.1) is 0 Å². The zero-order valence-corrected chi connectivity index (χ0v) is 9.91. The summed E-state index contributed by atoms with van der Waals surface area (Å²) in [6, 6.07) is 8.13. The Morgan fingerprint density at radius 1 is 1.54 bits per heavy atom. The maximum Gasteiger partial charge on any atom is 0.0370 e.